The molecule has 0 aliphatic carbocycles. The summed E-state index contributed by atoms with van der Waals surface area (Å²) >= 11 is 0. The first-order valence-corrected chi connectivity index (χ1v) is 5.85. The Morgan fingerprint density at radius 3 is 2.67 bits per heavy atom. The van der Waals surface area contributed by atoms with Gasteiger partial charge in [-0.15, -0.1) is 0 Å². The molecule has 0 aromatic heterocycles. The average molecular weight is 254 g/mol. The number of likely N-dealkylation sites (N-methyl/N-ethyl adjacent to an activating group) is 2. The van der Waals surface area contributed by atoms with Crippen LogP contribution in [-0.4, -0.2) is 36.8 Å². The predicted molar refractivity (Wildman–Crippen MR) is 69.4 cm³/mol. The minimum absolute atomic E-state index is 0.263. The lowest BCUT2D eigenvalue weighted by Crippen LogP contribution is -2.55. The summed E-state index contributed by atoms with van der Waals surface area (Å²) in [7, 11) is 1.60. The van der Waals surface area contributed by atoms with Crippen LogP contribution in [0.2, 0.25) is 0 Å². The van der Waals surface area contributed by atoms with E-state index in [1.165, 1.54) is 12.1 Å². The summed E-state index contributed by atoms with van der Waals surface area (Å²) < 4.78 is 13.2. The van der Waals surface area contributed by atoms with Crippen molar-refractivity contribution in [1.29, 1.82) is 0 Å². The average Bonchev–Trinajstić information content (AvgIpc) is 2.35. The van der Waals surface area contributed by atoms with Gasteiger partial charge in [0.15, 0.2) is 0 Å². The second-order valence-corrected chi connectivity index (χ2v) is 4.38. The zero-order chi connectivity index (χ0) is 13.8. The molecule has 0 aliphatic rings. The molecule has 100 valence electrons. The highest BCUT2D eigenvalue weighted by molar-refractivity contribution is 5.79. The van der Waals surface area contributed by atoms with Crippen molar-refractivity contribution in [2.45, 2.75) is 19.4 Å². The molecular formula is C13H19FN2O2. The van der Waals surface area contributed by atoms with Crippen LogP contribution >= 0.6 is 0 Å². The van der Waals surface area contributed by atoms with E-state index in [4.69, 9.17) is 0 Å². The second kappa shape index (κ2) is 5.82. The fraction of sp³-hybridized carbons (Fsp3) is 0.462. The van der Waals surface area contributed by atoms with E-state index < -0.39 is 11.5 Å². The van der Waals surface area contributed by atoms with E-state index in [1.54, 1.807) is 26.1 Å². The molecule has 0 saturated carbocycles. The fourth-order valence-electron chi connectivity index (χ4n) is 1.69. The van der Waals surface area contributed by atoms with Crippen LogP contribution in [0.5, 0.6) is 0 Å². The molecule has 0 bridgehead atoms. The fourth-order valence-corrected chi connectivity index (χ4v) is 1.69. The van der Waals surface area contributed by atoms with Crippen molar-refractivity contribution in [3.63, 3.8) is 0 Å². The molecule has 1 atom stereocenters. The molecule has 1 rings (SSSR count). The Bertz CT molecular complexity index is 425. The zero-order valence-corrected chi connectivity index (χ0v) is 10.9. The Morgan fingerprint density at radius 2 is 2.22 bits per heavy atom. The minimum atomic E-state index is -1.07. The normalized spacial score (nSPS) is 14.0. The first kappa shape index (κ1) is 14.4. The molecule has 1 aromatic carbocycles. The largest absolute Gasteiger partial charge is 0.480 e. The Hall–Kier alpha value is -1.62. The van der Waals surface area contributed by atoms with Gasteiger partial charge >= 0.3 is 5.97 Å². The molecule has 18 heavy (non-hydrogen) atoms. The van der Waals surface area contributed by atoms with Crippen molar-refractivity contribution in [2.24, 2.45) is 0 Å². The number of carboxylic acids is 1. The van der Waals surface area contributed by atoms with E-state index in [0.717, 1.165) is 0 Å². The lowest BCUT2D eigenvalue weighted by atomic mass is 10.0. The van der Waals surface area contributed by atoms with Gasteiger partial charge in [0, 0.05) is 18.8 Å². The van der Waals surface area contributed by atoms with Crippen molar-refractivity contribution in [1.82, 2.24) is 5.32 Å². The van der Waals surface area contributed by atoms with Gasteiger partial charge in [-0.25, -0.2) is 4.39 Å². The van der Waals surface area contributed by atoms with Gasteiger partial charge in [0.2, 0.25) is 0 Å². The van der Waals surface area contributed by atoms with Crippen molar-refractivity contribution >= 4 is 11.7 Å². The lowest BCUT2D eigenvalue weighted by Gasteiger charge is -2.33. The number of anilines is 1. The van der Waals surface area contributed by atoms with E-state index in [-0.39, 0.29) is 12.4 Å². The van der Waals surface area contributed by atoms with Crippen LogP contribution in [0.25, 0.3) is 0 Å². The molecule has 0 heterocycles. The smallest absolute Gasteiger partial charge is 0.325 e. The number of carboxylic acid groups (broad SMARTS) is 1. The SMILES string of the molecule is CCN(CC(C)(NC)C(=O)O)c1cccc(F)c1. The number of rotatable bonds is 6. The van der Waals surface area contributed by atoms with Crippen molar-refractivity contribution in [3.05, 3.63) is 30.1 Å². The van der Waals surface area contributed by atoms with Gasteiger partial charge in [0.25, 0.3) is 0 Å². The number of nitrogens with one attached hydrogen (secondary N) is 1. The van der Waals surface area contributed by atoms with Crippen LogP contribution in [0.3, 0.4) is 0 Å². The van der Waals surface area contributed by atoms with Gasteiger partial charge in [0.1, 0.15) is 11.4 Å². The minimum Gasteiger partial charge on any atom is -0.480 e. The summed E-state index contributed by atoms with van der Waals surface area (Å²) in [5.74, 6) is -1.26. The van der Waals surface area contributed by atoms with Crippen molar-refractivity contribution in [3.8, 4) is 0 Å². The number of nitrogens with zero attached hydrogens (tertiary/aromatic N) is 1. The number of aliphatic carboxylic acids is 1. The third-order valence-corrected chi connectivity index (χ3v) is 3.09. The number of halogens is 1. The summed E-state index contributed by atoms with van der Waals surface area (Å²) in [6, 6.07) is 6.16. The van der Waals surface area contributed by atoms with E-state index in [1.807, 2.05) is 11.8 Å². The number of carbonyl (C=O) groups is 1. The van der Waals surface area contributed by atoms with Gasteiger partial charge in [0.05, 0.1) is 0 Å². The first-order valence-electron chi connectivity index (χ1n) is 5.85. The maximum absolute atomic E-state index is 13.2. The molecule has 1 aromatic rings. The third-order valence-electron chi connectivity index (χ3n) is 3.09. The summed E-state index contributed by atoms with van der Waals surface area (Å²) in [6.45, 7) is 4.38. The summed E-state index contributed by atoms with van der Waals surface area (Å²) in [6.07, 6.45) is 0. The molecule has 4 nitrogen and oxygen atoms in total. The Kier molecular flexibility index (Phi) is 4.67. The highest BCUT2D eigenvalue weighted by atomic mass is 19.1. The van der Waals surface area contributed by atoms with Crippen LogP contribution in [0.15, 0.2) is 24.3 Å². The summed E-state index contributed by atoms with van der Waals surface area (Å²) in [5.41, 5.74) is -0.386. The Labute approximate surface area is 106 Å². The van der Waals surface area contributed by atoms with Crippen molar-refractivity contribution in [2.75, 3.05) is 25.0 Å². The predicted octanol–water partition coefficient (Wildman–Crippen LogP) is 1.71. The van der Waals surface area contributed by atoms with Crippen LogP contribution in [-0.2, 0) is 4.79 Å². The Balaban J connectivity index is 2.94. The number of hydrogen-bond acceptors (Lipinski definition) is 3. The first-order chi connectivity index (χ1) is 8.42. The second-order valence-electron chi connectivity index (χ2n) is 4.38. The van der Waals surface area contributed by atoms with Crippen LogP contribution in [0, 0.1) is 5.82 Å². The standard InChI is InChI=1S/C13H19FN2O2/c1-4-16(9-13(2,15-3)12(17)18)11-7-5-6-10(14)8-11/h5-8,15H,4,9H2,1-3H3,(H,17,18). The topological polar surface area (TPSA) is 52.6 Å². The Morgan fingerprint density at radius 1 is 1.56 bits per heavy atom. The summed E-state index contributed by atoms with van der Waals surface area (Å²) in [4.78, 5) is 13.1. The van der Waals surface area contributed by atoms with E-state index in [9.17, 15) is 14.3 Å². The van der Waals surface area contributed by atoms with Crippen LogP contribution in [0.1, 0.15) is 13.8 Å². The molecule has 2 N–H and O–H groups in total. The number of hydrogen-bond donors (Lipinski definition) is 2. The molecule has 0 radical (unpaired) electrons. The third kappa shape index (κ3) is 3.20. The quantitative estimate of drug-likeness (QED) is 0.811. The van der Waals surface area contributed by atoms with Gasteiger partial charge in [-0.2, -0.15) is 0 Å². The molecule has 0 amide bonds. The molecular weight excluding hydrogens is 235 g/mol. The maximum atomic E-state index is 13.2. The molecule has 5 heteroatoms. The van der Waals surface area contributed by atoms with Gasteiger partial charge in [-0.1, -0.05) is 6.07 Å². The lowest BCUT2D eigenvalue weighted by molar-refractivity contribution is -0.143. The number of benzene rings is 1. The monoisotopic (exact) mass is 254 g/mol. The van der Waals surface area contributed by atoms with Gasteiger partial charge in [-0.3, -0.25) is 4.79 Å². The van der Waals surface area contributed by atoms with E-state index in [2.05, 4.69) is 5.32 Å². The molecule has 0 aliphatic heterocycles. The summed E-state index contributed by atoms with van der Waals surface area (Å²) in [5, 5.41) is 12.0. The maximum Gasteiger partial charge on any atom is 0.325 e. The van der Waals surface area contributed by atoms with Crippen LogP contribution < -0.4 is 10.2 Å². The highest BCUT2D eigenvalue weighted by Gasteiger charge is 2.33. The zero-order valence-electron chi connectivity index (χ0n) is 10.9. The molecule has 1 unspecified atom stereocenters. The van der Waals surface area contributed by atoms with Gasteiger partial charge < -0.3 is 15.3 Å². The van der Waals surface area contributed by atoms with Crippen molar-refractivity contribution < 1.29 is 14.3 Å². The molecule has 0 fully saturated rings. The van der Waals surface area contributed by atoms with Gasteiger partial charge in [-0.05, 0) is 39.1 Å². The highest BCUT2D eigenvalue weighted by Crippen LogP contribution is 2.18. The molecule has 0 spiro atoms. The van der Waals surface area contributed by atoms with E-state index >= 15 is 0 Å². The molecule has 0 saturated heterocycles. The van der Waals surface area contributed by atoms with E-state index in [0.29, 0.717) is 12.2 Å². The van der Waals surface area contributed by atoms with Crippen LogP contribution in [0.4, 0.5) is 10.1 Å².